The Morgan fingerprint density at radius 2 is 1.79 bits per heavy atom. The van der Waals surface area contributed by atoms with Crippen molar-refractivity contribution in [1.29, 1.82) is 0 Å². The Morgan fingerprint density at radius 1 is 1.04 bits per heavy atom. The fraction of sp³-hybridized carbons (Fsp3) is 0.190. The molecule has 1 aromatic heterocycles. The van der Waals surface area contributed by atoms with Gasteiger partial charge in [0.2, 0.25) is 0 Å². The van der Waals surface area contributed by atoms with E-state index in [-0.39, 0.29) is 0 Å². The molecule has 0 amide bonds. The molecule has 146 valence electrons. The summed E-state index contributed by atoms with van der Waals surface area (Å²) in [5.74, 6) is 2.12. The van der Waals surface area contributed by atoms with Crippen molar-refractivity contribution in [1.82, 2.24) is 10.9 Å². The highest BCUT2D eigenvalue weighted by Gasteiger charge is 2.11. The second-order valence-corrected chi connectivity index (χ2v) is 6.27. The average Bonchev–Trinajstić information content (AvgIpc) is 3.14. The molecule has 0 bridgehead atoms. The van der Waals surface area contributed by atoms with Gasteiger partial charge >= 0.3 is 0 Å². The maximum atomic E-state index is 5.90. The zero-order valence-electron chi connectivity index (χ0n) is 15.9. The predicted molar refractivity (Wildman–Crippen MR) is 117 cm³/mol. The molecule has 0 unspecified atom stereocenters. The van der Waals surface area contributed by atoms with Crippen LogP contribution in [0, 0.1) is 0 Å². The quantitative estimate of drug-likeness (QED) is 0.376. The lowest BCUT2D eigenvalue weighted by atomic mass is 10.2. The molecule has 28 heavy (non-hydrogen) atoms. The molecular formula is C21H23N3O3S. The van der Waals surface area contributed by atoms with Crippen LogP contribution in [0.25, 0.3) is 16.7 Å². The average molecular weight is 398 g/mol. The topological polar surface area (TPSA) is 67.7 Å². The van der Waals surface area contributed by atoms with E-state index >= 15 is 0 Å². The summed E-state index contributed by atoms with van der Waals surface area (Å²) >= 11 is 5.30. The van der Waals surface area contributed by atoms with Crippen LogP contribution in [-0.2, 0) is 0 Å². The maximum Gasteiger partial charge on any atom is 0.189 e. The van der Waals surface area contributed by atoms with Crippen LogP contribution in [0.1, 0.15) is 19.6 Å². The number of ether oxygens (including phenoxy) is 2. The fourth-order valence-corrected chi connectivity index (χ4v) is 2.78. The monoisotopic (exact) mass is 397 g/mol. The Labute approximate surface area is 169 Å². The molecule has 0 spiro atoms. The van der Waals surface area contributed by atoms with Gasteiger partial charge in [-0.05, 0) is 62.5 Å². The number of hydrogen-bond donors (Lipinski definition) is 3. The Kier molecular flexibility index (Phi) is 6.39. The van der Waals surface area contributed by atoms with Crippen molar-refractivity contribution < 1.29 is 13.9 Å². The molecule has 7 heteroatoms. The molecule has 3 N–H and O–H groups in total. The van der Waals surface area contributed by atoms with Gasteiger partial charge in [0.25, 0.3) is 0 Å². The molecule has 2 aromatic carbocycles. The first-order valence-electron chi connectivity index (χ1n) is 9.01. The molecule has 0 saturated heterocycles. The van der Waals surface area contributed by atoms with Crippen LogP contribution in [0.4, 0.5) is 5.69 Å². The van der Waals surface area contributed by atoms with Crippen LogP contribution >= 0.6 is 12.2 Å². The van der Waals surface area contributed by atoms with E-state index in [1.165, 1.54) is 0 Å². The zero-order chi connectivity index (χ0) is 19.9. The minimum absolute atomic E-state index is 0.399. The van der Waals surface area contributed by atoms with Crippen molar-refractivity contribution in [3.63, 3.8) is 0 Å². The third-order valence-corrected chi connectivity index (χ3v) is 4.06. The molecule has 0 fully saturated rings. The summed E-state index contributed by atoms with van der Waals surface area (Å²) in [4.78, 5) is 0. The smallest absolute Gasteiger partial charge is 0.189 e. The largest absolute Gasteiger partial charge is 0.494 e. The van der Waals surface area contributed by atoms with Crippen LogP contribution in [0.3, 0.4) is 0 Å². The lowest BCUT2D eigenvalue weighted by molar-refractivity contribution is 0.338. The fourth-order valence-electron chi connectivity index (χ4n) is 2.61. The van der Waals surface area contributed by atoms with E-state index in [1.807, 2.05) is 62.4 Å². The van der Waals surface area contributed by atoms with E-state index in [1.54, 1.807) is 0 Å². The van der Waals surface area contributed by atoms with Gasteiger partial charge in [0, 0.05) is 11.1 Å². The van der Waals surface area contributed by atoms with Crippen LogP contribution < -0.4 is 25.6 Å². The molecule has 0 saturated carbocycles. The second kappa shape index (κ2) is 9.14. The van der Waals surface area contributed by atoms with Gasteiger partial charge in [0.05, 0.1) is 18.9 Å². The summed E-state index contributed by atoms with van der Waals surface area (Å²) < 4.78 is 16.9. The normalized spacial score (nSPS) is 10.4. The van der Waals surface area contributed by atoms with Crippen LogP contribution in [0.5, 0.6) is 11.5 Å². The Balaban J connectivity index is 1.58. The van der Waals surface area contributed by atoms with Crippen molar-refractivity contribution in [2.24, 2.45) is 0 Å². The van der Waals surface area contributed by atoms with E-state index in [4.69, 9.17) is 26.1 Å². The van der Waals surface area contributed by atoms with Crippen molar-refractivity contribution in [3.8, 4) is 11.5 Å². The molecule has 0 radical (unpaired) electrons. The molecular weight excluding hydrogens is 374 g/mol. The molecule has 0 aliphatic heterocycles. The van der Waals surface area contributed by atoms with Gasteiger partial charge in [0.1, 0.15) is 5.75 Å². The van der Waals surface area contributed by atoms with E-state index < -0.39 is 0 Å². The standard InChI is InChI=1S/C21H23N3O3S/c1-4-25-17-11-9-16(10-12-17)22-21(28)24-23-14(3)19-13-15-7-6-8-18(26-5-2)20(15)27-19/h6-13,23H,3-5H2,1-2H3,(H2,22,24,28). The number of fused-ring (bicyclic) bond motifs is 1. The predicted octanol–water partition coefficient (Wildman–Crippen LogP) is 4.69. The van der Waals surface area contributed by atoms with E-state index in [9.17, 15) is 0 Å². The number of hydrogen-bond acceptors (Lipinski definition) is 5. The Hall–Kier alpha value is -3.19. The zero-order valence-corrected chi connectivity index (χ0v) is 16.7. The van der Waals surface area contributed by atoms with Gasteiger partial charge in [-0.15, -0.1) is 0 Å². The van der Waals surface area contributed by atoms with Crippen LogP contribution in [0.15, 0.2) is 59.5 Å². The van der Waals surface area contributed by atoms with Crippen molar-refractivity contribution in [2.45, 2.75) is 13.8 Å². The number of anilines is 1. The first-order chi connectivity index (χ1) is 13.6. The number of nitrogens with one attached hydrogen (secondary N) is 3. The van der Waals surface area contributed by atoms with E-state index in [2.05, 4.69) is 22.7 Å². The van der Waals surface area contributed by atoms with Crippen LogP contribution in [0.2, 0.25) is 0 Å². The summed E-state index contributed by atoms with van der Waals surface area (Å²) in [6.07, 6.45) is 0. The number of thiocarbonyl (C=S) groups is 1. The lowest BCUT2D eigenvalue weighted by Crippen LogP contribution is -2.38. The summed E-state index contributed by atoms with van der Waals surface area (Å²) in [6, 6.07) is 15.2. The minimum atomic E-state index is 0.399. The summed E-state index contributed by atoms with van der Waals surface area (Å²) in [6.45, 7) is 9.08. The molecule has 0 atom stereocenters. The molecule has 6 nitrogen and oxygen atoms in total. The van der Waals surface area contributed by atoms with Gasteiger partial charge < -0.3 is 19.2 Å². The van der Waals surface area contributed by atoms with Crippen molar-refractivity contribution in [2.75, 3.05) is 18.5 Å². The van der Waals surface area contributed by atoms with Gasteiger partial charge in [-0.1, -0.05) is 18.7 Å². The third-order valence-electron chi connectivity index (χ3n) is 3.86. The lowest BCUT2D eigenvalue weighted by Gasteiger charge is -2.13. The van der Waals surface area contributed by atoms with E-state index in [0.29, 0.717) is 41.1 Å². The summed E-state index contributed by atoms with van der Waals surface area (Å²) in [7, 11) is 0. The third kappa shape index (κ3) is 4.75. The molecule has 3 rings (SSSR count). The second-order valence-electron chi connectivity index (χ2n) is 5.86. The minimum Gasteiger partial charge on any atom is -0.494 e. The number of rotatable bonds is 8. The summed E-state index contributed by atoms with van der Waals surface area (Å²) in [5, 5.41) is 4.42. The first-order valence-corrected chi connectivity index (χ1v) is 9.42. The van der Waals surface area contributed by atoms with Gasteiger partial charge in [-0.2, -0.15) is 0 Å². The van der Waals surface area contributed by atoms with Crippen molar-refractivity contribution >= 4 is 39.7 Å². The number of furan rings is 1. The summed E-state index contributed by atoms with van der Waals surface area (Å²) in [5.41, 5.74) is 7.95. The number of para-hydroxylation sites is 1. The molecule has 3 aromatic rings. The highest BCUT2D eigenvalue weighted by Crippen LogP contribution is 2.30. The highest BCUT2D eigenvalue weighted by molar-refractivity contribution is 7.80. The van der Waals surface area contributed by atoms with E-state index in [0.717, 1.165) is 16.8 Å². The Morgan fingerprint density at radius 3 is 2.50 bits per heavy atom. The maximum absolute atomic E-state index is 5.90. The van der Waals surface area contributed by atoms with Crippen LogP contribution in [-0.4, -0.2) is 18.3 Å². The SMILES string of the molecule is C=C(NNC(=S)Nc1ccc(OCC)cc1)c1cc2cccc(OCC)c2o1. The van der Waals surface area contributed by atoms with Gasteiger partial charge in [0.15, 0.2) is 22.2 Å². The van der Waals surface area contributed by atoms with Gasteiger partial charge in [-0.3, -0.25) is 10.9 Å². The Bertz CT molecular complexity index is 967. The highest BCUT2D eigenvalue weighted by atomic mass is 32.1. The molecule has 0 aliphatic rings. The molecule has 1 heterocycles. The number of benzene rings is 2. The first kappa shape index (κ1) is 19.6. The molecule has 0 aliphatic carbocycles. The van der Waals surface area contributed by atoms with Gasteiger partial charge in [-0.25, -0.2) is 0 Å². The van der Waals surface area contributed by atoms with Crippen molar-refractivity contribution in [3.05, 3.63) is 60.9 Å². The number of hydrazine groups is 1.